The van der Waals surface area contributed by atoms with Crippen molar-refractivity contribution in [1.29, 1.82) is 0 Å². The molecule has 0 saturated carbocycles. The third-order valence-corrected chi connectivity index (χ3v) is 3.69. The Morgan fingerprint density at radius 1 is 1.10 bits per heavy atom. The Labute approximate surface area is 120 Å². The van der Waals surface area contributed by atoms with Crippen molar-refractivity contribution in [2.45, 2.75) is 26.3 Å². The van der Waals surface area contributed by atoms with Crippen LogP contribution >= 0.6 is 0 Å². The summed E-state index contributed by atoms with van der Waals surface area (Å²) >= 11 is 0. The van der Waals surface area contributed by atoms with Crippen LogP contribution in [0.15, 0.2) is 54.6 Å². The molecule has 0 saturated heterocycles. The highest BCUT2D eigenvalue weighted by atomic mass is 16.1. The maximum atomic E-state index is 12.4. The minimum absolute atomic E-state index is 0.182. The number of aryl methyl sites for hydroxylation is 1. The van der Waals surface area contributed by atoms with Crippen LogP contribution in [-0.2, 0) is 11.2 Å². The lowest BCUT2D eigenvalue weighted by Gasteiger charge is -2.19. The number of nitrogens with two attached hydrogens (primary N) is 1. The highest BCUT2D eigenvalue weighted by Gasteiger charge is 2.21. The third kappa shape index (κ3) is 3.55. The monoisotopic (exact) mass is 267 g/mol. The summed E-state index contributed by atoms with van der Waals surface area (Å²) in [7, 11) is 0. The number of carbonyl (C=O) groups excluding carboxylic acids is 1. The molecule has 2 nitrogen and oxygen atoms in total. The summed E-state index contributed by atoms with van der Waals surface area (Å²) in [4.78, 5) is 12.4. The lowest BCUT2D eigenvalue weighted by atomic mass is 9.89. The van der Waals surface area contributed by atoms with E-state index in [1.54, 1.807) is 0 Å². The van der Waals surface area contributed by atoms with Gasteiger partial charge in [0.2, 0.25) is 0 Å². The van der Waals surface area contributed by atoms with Crippen LogP contribution in [0.4, 0.5) is 0 Å². The average Bonchev–Trinajstić information content (AvgIpc) is 2.46. The first-order valence-corrected chi connectivity index (χ1v) is 6.96. The van der Waals surface area contributed by atoms with Gasteiger partial charge in [0.15, 0.2) is 0 Å². The second-order valence-corrected chi connectivity index (χ2v) is 5.36. The molecule has 0 aliphatic rings. The molecular formula is C18H21NO. The van der Waals surface area contributed by atoms with E-state index >= 15 is 0 Å². The van der Waals surface area contributed by atoms with Crippen LogP contribution < -0.4 is 5.73 Å². The van der Waals surface area contributed by atoms with Gasteiger partial charge in [-0.1, -0.05) is 67.1 Å². The molecule has 2 unspecified atom stereocenters. The van der Waals surface area contributed by atoms with Crippen molar-refractivity contribution >= 4 is 5.78 Å². The zero-order valence-electron chi connectivity index (χ0n) is 12.0. The largest absolute Gasteiger partial charge is 0.323 e. The Balaban J connectivity index is 2.05. The lowest BCUT2D eigenvalue weighted by molar-refractivity contribution is -0.122. The van der Waals surface area contributed by atoms with Gasteiger partial charge < -0.3 is 5.73 Å². The van der Waals surface area contributed by atoms with Crippen molar-refractivity contribution in [3.63, 3.8) is 0 Å². The molecule has 0 aliphatic heterocycles. The maximum Gasteiger partial charge on any atom is 0.141 e. The molecule has 0 aromatic heterocycles. The van der Waals surface area contributed by atoms with E-state index in [1.165, 1.54) is 5.56 Å². The van der Waals surface area contributed by atoms with Gasteiger partial charge in [-0.25, -0.2) is 0 Å². The van der Waals surface area contributed by atoms with Gasteiger partial charge in [-0.15, -0.1) is 0 Å². The van der Waals surface area contributed by atoms with E-state index in [4.69, 9.17) is 5.73 Å². The third-order valence-electron chi connectivity index (χ3n) is 3.69. The first kappa shape index (κ1) is 14.5. The van der Waals surface area contributed by atoms with E-state index in [0.717, 1.165) is 11.1 Å². The molecule has 0 fully saturated rings. The number of hydrogen-bond donors (Lipinski definition) is 1. The van der Waals surface area contributed by atoms with E-state index in [9.17, 15) is 4.79 Å². The Morgan fingerprint density at radius 3 is 2.45 bits per heavy atom. The molecule has 2 aromatic rings. The standard InChI is InChI=1S/C18H21NO/c1-13-7-6-8-15(11-13)12-17(20)14(2)18(19)16-9-4-3-5-10-16/h3-11,14,18H,12,19H2,1-2H3. The minimum atomic E-state index is -0.242. The summed E-state index contributed by atoms with van der Waals surface area (Å²) in [5, 5.41) is 0. The fourth-order valence-electron chi connectivity index (χ4n) is 2.35. The van der Waals surface area contributed by atoms with Crippen LogP contribution in [0.3, 0.4) is 0 Å². The Bertz CT molecular complexity index is 577. The first-order chi connectivity index (χ1) is 9.58. The summed E-state index contributed by atoms with van der Waals surface area (Å²) in [6.45, 7) is 3.95. The SMILES string of the molecule is Cc1cccc(CC(=O)C(C)C(N)c2ccccc2)c1. The molecule has 2 atom stereocenters. The Hall–Kier alpha value is -1.93. The molecule has 0 bridgehead atoms. The molecule has 2 heteroatoms. The molecular weight excluding hydrogens is 246 g/mol. The first-order valence-electron chi connectivity index (χ1n) is 6.96. The number of benzene rings is 2. The van der Waals surface area contributed by atoms with Gasteiger partial charge in [0.1, 0.15) is 5.78 Å². The van der Waals surface area contributed by atoms with Gasteiger partial charge in [0.05, 0.1) is 0 Å². The second kappa shape index (κ2) is 6.49. The van der Waals surface area contributed by atoms with Crippen LogP contribution in [0.5, 0.6) is 0 Å². The summed E-state index contributed by atoms with van der Waals surface area (Å²) < 4.78 is 0. The van der Waals surface area contributed by atoms with Gasteiger partial charge in [-0.3, -0.25) is 4.79 Å². The summed E-state index contributed by atoms with van der Waals surface area (Å²) in [5.74, 6) is 0.00450. The molecule has 0 heterocycles. The van der Waals surface area contributed by atoms with Gasteiger partial charge in [-0.05, 0) is 18.1 Å². The van der Waals surface area contributed by atoms with Crippen molar-refractivity contribution in [2.24, 2.45) is 11.7 Å². The van der Waals surface area contributed by atoms with E-state index in [-0.39, 0.29) is 17.7 Å². The van der Waals surface area contributed by atoms with E-state index < -0.39 is 0 Å². The molecule has 0 aliphatic carbocycles. The van der Waals surface area contributed by atoms with Crippen LogP contribution in [0.25, 0.3) is 0 Å². The molecule has 20 heavy (non-hydrogen) atoms. The Morgan fingerprint density at radius 2 is 1.80 bits per heavy atom. The second-order valence-electron chi connectivity index (χ2n) is 5.36. The fourth-order valence-corrected chi connectivity index (χ4v) is 2.35. The van der Waals surface area contributed by atoms with E-state index in [2.05, 4.69) is 6.07 Å². The van der Waals surface area contributed by atoms with Crippen LogP contribution in [0.2, 0.25) is 0 Å². The van der Waals surface area contributed by atoms with Crippen LogP contribution in [-0.4, -0.2) is 5.78 Å². The topological polar surface area (TPSA) is 43.1 Å². The number of ketones is 1. The fraction of sp³-hybridized carbons (Fsp3) is 0.278. The van der Waals surface area contributed by atoms with Crippen molar-refractivity contribution in [1.82, 2.24) is 0 Å². The highest BCUT2D eigenvalue weighted by Crippen LogP contribution is 2.21. The smallest absolute Gasteiger partial charge is 0.141 e. The van der Waals surface area contributed by atoms with Gasteiger partial charge in [-0.2, -0.15) is 0 Å². The predicted octanol–water partition coefficient (Wildman–Crippen LogP) is 3.44. The lowest BCUT2D eigenvalue weighted by Crippen LogP contribution is -2.27. The number of Topliss-reactive ketones (excluding diaryl/α,β-unsaturated/α-hetero) is 1. The summed E-state index contributed by atoms with van der Waals surface area (Å²) in [6, 6.07) is 17.6. The van der Waals surface area contributed by atoms with Crippen molar-refractivity contribution < 1.29 is 4.79 Å². The average molecular weight is 267 g/mol. The van der Waals surface area contributed by atoms with Crippen LogP contribution in [0.1, 0.15) is 29.7 Å². The molecule has 104 valence electrons. The maximum absolute atomic E-state index is 12.4. The van der Waals surface area contributed by atoms with Crippen molar-refractivity contribution in [3.8, 4) is 0 Å². The van der Waals surface area contributed by atoms with Gasteiger partial charge in [0.25, 0.3) is 0 Å². The van der Waals surface area contributed by atoms with Gasteiger partial charge >= 0.3 is 0 Å². The number of hydrogen-bond acceptors (Lipinski definition) is 2. The quantitative estimate of drug-likeness (QED) is 0.901. The summed E-state index contributed by atoms with van der Waals surface area (Å²) in [5.41, 5.74) is 9.45. The Kier molecular flexibility index (Phi) is 4.70. The summed E-state index contributed by atoms with van der Waals surface area (Å²) in [6.07, 6.45) is 0.448. The molecule has 0 amide bonds. The van der Waals surface area contributed by atoms with Gasteiger partial charge in [0, 0.05) is 18.4 Å². The van der Waals surface area contributed by atoms with Crippen molar-refractivity contribution in [3.05, 3.63) is 71.3 Å². The predicted molar refractivity (Wildman–Crippen MR) is 82.4 cm³/mol. The molecule has 2 rings (SSSR count). The molecule has 2 aromatic carbocycles. The number of rotatable bonds is 5. The molecule has 0 radical (unpaired) electrons. The highest BCUT2D eigenvalue weighted by molar-refractivity contribution is 5.83. The number of carbonyl (C=O) groups is 1. The zero-order valence-corrected chi connectivity index (χ0v) is 12.0. The molecule has 0 spiro atoms. The van der Waals surface area contributed by atoms with Crippen LogP contribution in [0, 0.1) is 12.8 Å². The van der Waals surface area contributed by atoms with E-state index in [1.807, 2.05) is 62.4 Å². The minimum Gasteiger partial charge on any atom is -0.323 e. The van der Waals surface area contributed by atoms with Crippen molar-refractivity contribution in [2.75, 3.05) is 0 Å². The van der Waals surface area contributed by atoms with E-state index in [0.29, 0.717) is 6.42 Å². The molecule has 2 N–H and O–H groups in total. The normalized spacial score (nSPS) is 13.8. The zero-order chi connectivity index (χ0) is 14.5.